The van der Waals surface area contributed by atoms with E-state index in [9.17, 15) is 0 Å². The maximum absolute atomic E-state index is 5.26. The number of aromatic nitrogens is 2. The predicted molar refractivity (Wildman–Crippen MR) is 56.5 cm³/mol. The third kappa shape index (κ3) is 1.38. The van der Waals surface area contributed by atoms with Crippen molar-refractivity contribution in [1.29, 1.82) is 0 Å². The normalized spacial score (nSPS) is 11.1. The Balaban J connectivity index is 2.56. The third-order valence-electron chi connectivity index (χ3n) is 2.48. The molecular formula is C10H14N4. The van der Waals surface area contributed by atoms with Crippen LogP contribution in [0.5, 0.6) is 0 Å². The van der Waals surface area contributed by atoms with Gasteiger partial charge < -0.3 is 4.57 Å². The zero-order valence-corrected chi connectivity index (χ0v) is 8.41. The molecule has 1 aromatic carbocycles. The maximum Gasteiger partial charge on any atom is 0.106 e. The van der Waals surface area contributed by atoms with Crippen molar-refractivity contribution < 1.29 is 0 Å². The molecule has 0 aliphatic rings. The monoisotopic (exact) mass is 190 g/mol. The largest absolute Gasteiger partial charge is 0.331 e. The summed E-state index contributed by atoms with van der Waals surface area (Å²) in [5.41, 5.74) is 5.97. The molecule has 4 nitrogen and oxygen atoms in total. The first-order valence-electron chi connectivity index (χ1n) is 4.58. The number of nitrogens with zero attached hydrogens (tertiary/aromatic N) is 2. The van der Waals surface area contributed by atoms with Crippen molar-refractivity contribution in [3.63, 3.8) is 0 Å². The topological polar surface area (TPSA) is 55.9 Å². The van der Waals surface area contributed by atoms with Gasteiger partial charge in [0.25, 0.3) is 0 Å². The van der Waals surface area contributed by atoms with Crippen molar-refractivity contribution in [2.24, 2.45) is 12.9 Å². The molecule has 0 atom stereocenters. The summed E-state index contributed by atoms with van der Waals surface area (Å²) in [6.45, 7) is 2.67. The van der Waals surface area contributed by atoms with E-state index in [0.29, 0.717) is 6.54 Å². The molecule has 2 rings (SSSR count). The highest BCUT2D eigenvalue weighted by Gasteiger charge is 2.03. The highest BCUT2D eigenvalue weighted by Crippen LogP contribution is 2.15. The highest BCUT2D eigenvalue weighted by molar-refractivity contribution is 5.76. The van der Waals surface area contributed by atoms with Crippen molar-refractivity contribution in [3.8, 4) is 0 Å². The molecule has 0 aliphatic heterocycles. The van der Waals surface area contributed by atoms with Gasteiger partial charge in [0.2, 0.25) is 0 Å². The van der Waals surface area contributed by atoms with Crippen LogP contribution in [-0.2, 0) is 13.6 Å². The molecule has 0 saturated heterocycles. The Hall–Kier alpha value is -1.39. The fourth-order valence-corrected chi connectivity index (χ4v) is 1.59. The van der Waals surface area contributed by atoms with Crippen LogP contribution in [0.3, 0.4) is 0 Å². The third-order valence-corrected chi connectivity index (χ3v) is 2.48. The molecule has 0 radical (unpaired) electrons. The molecule has 74 valence electrons. The first-order valence-corrected chi connectivity index (χ1v) is 4.58. The number of fused-ring (bicyclic) bond motifs is 1. The molecule has 0 aliphatic carbocycles. The smallest absolute Gasteiger partial charge is 0.106 e. The summed E-state index contributed by atoms with van der Waals surface area (Å²) in [7, 11) is 2.02. The standard InChI is InChI=1S/C10H14N4/c1-7-13-9-5-8(6-12-11)3-4-10(9)14(7)2/h3-5,12H,6,11H2,1-2H3. The second-order valence-corrected chi connectivity index (χ2v) is 3.42. The average molecular weight is 190 g/mol. The number of hydrogen-bond acceptors (Lipinski definition) is 3. The van der Waals surface area contributed by atoms with Crippen LogP contribution in [-0.4, -0.2) is 9.55 Å². The number of nitrogens with one attached hydrogen (secondary N) is 1. The Morgan fingerprint density at radius 3 is 3.00 bits per heavy atom. The molecule has 1 aromatic heterocycles. The van der Waals surface area contributed by atoms with Crippen LogP contribution in [0, 0.1) is 6.92 Å². The average Bonchev–Trinajstić information content (AvgIpc) is 2.43. The van der Waals surface area contributed by atoms with E-state index in [1.807, 2.05) is 14.0 Å². The second kappa shape index (κ2) is 3.40. The van der Waals surface area contributed by atoms with E-state index in [0.717, 1.165) is 22.4 Å². The van der Waals surface area contributed by atoms with Crippen LogP contribution >= 0.6 is 0 Å². The summed E-state index contributed by atoms with van der Waals surface area (Å²) in [5, 5.41) is 0. The van der Waals surface area contributed by atoms with Crippen molar-refractivity contribution in [1.82, 2.24) is 15.0 Å². The Kier molecular flexibility index (Phi) is 2.23. The zero-order chi connectivity index (χ0) is 10.1. The predicted octanol–water partition coefficient (Wildman–Crippen LogP) is 0.845. The number of imidazole rings is 1. The van der Waals surface area contributed by atoms with Gasteiger partial charge in [-0.1, -0.05) is 6.07 Å². The molecule has 2 aromatic rings. The van der Waals surface area contributed by atoms with Crippen molar-refractivity contribution in [3.05, 3.63) is 29.6 Å². The van der Waals surface area contributed by atoms with Gasteiger partial charge in [-0.15, -0.1) is 0 Å². The van der Waals surface area contributed by atoms with Gasteiger partial charge in [-0.2, -0.15) is 0 Å². The summed E-state index contributed by atoms with van der Waals surface area (Å²) in [6.07, 6.45) is 0. The number of aryl methyl sites for hydroxylation is 2. The van der Waals surface area contributed by atoms with Crippen LogP contribution in [0.1, 0.15) is 11.4 Å². The number of rotatable bonds is 2. The van der Waals surface area contributed by atoms with Gasteiger partial charge in [0, 0.05) is 13.6 Å². The fourth-order valence-electron chi connectivity index (χ4n) is 1.59. The zero-order valence-electron chi connectivity index (χ0n) is 8.41. The molecule has 0 fully saturated rings. The van der Waals surface area contributed by atoms with Crippen LogP contribution in [0.4, 0.5) is 0 Å². The van der Waals surface area contributed by atoms with Crippen LogP contribution in [0.15, 0.2) is 18.2 Å². The Morgan fingerprint density at radius 2 is 2.29 bits per heavy atom. The first kappa shape index (κ1) is 9.18. The summed E-state index contributed by atoms with van der Waals surface area (Å²) >= 11 is 0. The van der Waals surface area contributed by atoms with Crippen molar-refractivity contribution in [2.75, 3.05) is 0 Å². The van der Waals surface area contributed by atoms with E-state index < -0.39 is 0 Å². The van der Waals surface area contributed by atoms with Crippen LogP contribution in [0.2, 0.25) is 0 Å². The summed E-state index contributed by atoms with van der Waals surface area (Å²) in [4.78, 5) is 4.45. The lowest BCUT2D eigenvalue weighted by atomic mass is 10.2. The van der Waals surface area contributed by atoms with Gasteiger partial charge in [0.15, 0.2) is 0 Å². The van der Waals surface area contributed by atoms with Gasteiger partial charge in [-0.3, -0.25) is 11.3 Å². The molecule has 0 saturated carbocycles. The number of nitrogens with two attached hydrogens (primary N) is 1. The van der Waals surface area contributed by atoms with Gasteiger partial charge in [0.05, 0.1) is 11.0 Å². The lowest BCUT2D eigenvalue weighted by Gasteiger charge is -2.00. The molecule has 0 unspecified atom stereocenters. The van der Waals surface area contributed by atoms with E-state index >= 15 is 0 Å². The Bertz CT molecular complexity index is 458. The maximum atomic E-state index is 5.26. The molecule has 4 heteroatoms. The summed E-state index contributed by atoms with van der Waals surface area (Å²) < 4.78 is 2.08. The van der Waals surface area contributed by atoms with E-state index in [2.05, 4.69) is 33.2 Å². The molecule has 3 N–H and O–H groups in total. The first-order chi connectivity index (χ1) is 6.72. The van der Waals surface area contributed by atoms with E-state index in [1.54, 1.807) is 0 Å². The Labute approximate surface area is 82.7 Å². The molecule has 0 amide bonds. The lowest BCUT2D eigenvalue weighted by molar-refractivity contribution is 0.742. The summed E-state index contributed by atoms with van der Waals surface area (Å²) in [5.74, 6) is 6.29. The molecule has 0 bridgehead atoms. The van der Waals surface area contributed by atoms with E-state index in [4.69, 9.17) is 5.84 Å². The Morgan fingerprint density at radius 1 is 1.50 bits per heavy atom. The molecular weight excluding hydrogens is 176 g/mol. The number of hydrogen-bond donors (Lipinski definition) is 2. The quantitative estimate of drug-likeness (QED) is 0.545. The van der Waals surface area contributed by atoms with Gasteiger partial charge in [-0.25, -0.2) is 4.98 Å². The minimum Gasteiger partial charge on any atom is -0.331 e. The van der Waals surface area contributed by atoms with E-state index in [1.165, 1.54) is 0 Å². The molecule has 14 heavy (non-hydrogen) atoms. The summed E-state index contributed by atoms with van der Waals surface area (Å²) in [6, 6.07) is 6.19. The second-order valence-electron chi connectivity index (χ2n) is 3.42. The minimum atomic E-state index is 0.672. The highest BCUT2D eigenvalue weighted by atomic mass is 15.2. The fraction of sp³-hybridized carbons (Fsp3) is 0.300. The minimum absolute atomic E-state index is 0.672. The molecule has 1 heterocycles. The van der Waals surface area contributed by atoms with Crippen molar-refractivity contribution in [2.45, 2.75) is 13.5 Å². The van der Waals surface area contributed by atoms with Crippen LogP contribution in [0.25, 0.3) is 11.0 Å². The lowest BCUT2D eigenvalue weighted by Crippen LogP contribution is -2.20. The SMILES string of the molecule is Cc1nc2cc(CNN)ccc2n1C. The van der Waals surface area contributed by atoms with Gasteiger partial charge in [-0.05, 0) is 24.6 Å². The van der Waals surface area contributed by atoms with Crippen molar-refractivity contribution >= 4 is 11.0 Å². The number of hydrazine groups is 1. The number of benzene rings is 1. The van der Waals surface area contributed by atoms with E-state index in [-0.39, 0.29) is 0 Å². The van der Waals surface area contributed by atoms with Gasteiger partial charge in [0.1, 0.15) is 5.82 Å². The molecule has 0 spiro atoms. The van der Waals surface area contributed by atoms with Gasteiger partial charge >= 0.3 is 0 Å². The van der Waals surface area contributed by atoms with Crippen LogP contribution < -0.4 is 11.3 Å².